The molecule has 0 aromatic carbocycles. The number of piperazine rings is 1. The minimum atomic E-state index is 0.167. The highest BCUT2D eigenvalue weighted by Crippen LogP contribution is 2.26. The molecule has 3 nitrogen and oxygen atoms in total. The molecule has 2 rings (SSSR count). The minimum Gasteiger partial charge on any atom is -0.314 e. The second-order valence-electron chi connectivity index (χ2n) is 7.15. The van der Waals surface area contributed by atoms with Gasteiger partial charge in [-0.15, -0.1) is 0 Å². The molecule has 3 heteroatoms. The molecule has 0 bridgehead atoms. The van der Waals surface area contributed by atoms with Gasteiger partial charge in [-0.2, -0.15) is 0 Å². The first-order chi connectivity index (χ1) is 11.1. The summed E-state index contributed by atoms with van der Waals surface area (Å²) in [6.07, 6.45) is 13.1. The van der Waals surface area contributed by atoms with Gasteiger partial charge in [0.05, 0.1) is 0 Å². The van der Waals surface area contributed by atoms with E-state index in [0.717, 1.165) is 5.92 Å². The normalized spacial score (nSPS) is 19.1. The number of unbranched alkanes of at least 4 members (excludes halogenated alkanes) is 1. The number of nitrogens with zero attached hydrogens (tertiary/aromatic N) is 1. The summed E-state index contributed by atoms with van der Waals surface area (Å²) in [5.41, 5.74) is 0. The Kier molecular flexibility index (Phi) is 16.2. The zero-order chi connectivity index (χ0) is 17.3. The average molecular weight is 327 g/mol. The molecule has 0 aromatic rings. The van der Waals surface area contributed by atoms with Crippen LogP contribution in [0.3, 0.4) is 0 Å². The number of nitrogens with one attached hydrogen (secondary N) is 1. The van der Waals surface area contributed by atoms with Crippen LogP contribution in [0.4, 0.5) is 0 Å². The Morgan fingerprint density at radius 1 is 1.00 bits per heavy atom. The van der Waals surface area contributed by atoms with Gasteiger partial charge in [0.15, 0.2) is 0 Å². The first-order valence-corrected chi connectivity index (χ1v) is 10.00. The van der Waals surface area contributed by atoms with Crippen molar-refractivity contribution in [3.05, 3.63) is 0 Å². The monoisotopic (exact) mass is 326 g/mol. The number of carbonyl (C=O) groups is 1. The Bertz CT molecular complexity index is 250. The quantitative estimate of drug-likeness (QED) is 0.798. The van der Waals surface area contributed by atoms with Crippen molar-refractivity contribution >= 4 is 5.78 Å². The van der Waals surface area contributed by atoms with E-state index in [1.807, 2.05) is 0 Å². The highest BCUT2D eigenvalue weighted by molar-refractivity contribution is 5.72. The number of ketones is 1. The van der Waals surface area contributed by atoms with E-state index < -0.39 is 0 Å². The highest BCUT2D eigenvalue weighted by Gasteiger charge is 2.11. The molecule has 2 aliphatic rings. The van der Waals surface area contributed by atoms with Crippen molar-refractivity contribution in [2.24, 2.45) is 5.92 Å². The number of hydrogen-bond donors (Lipinski definition) is 1. The Morgan fingerprint density at radius 3 is 2.04 bits per heavy atom. The smallest absolute Gasteiger partial charge is 0.126 e. The lowest BCUT2D eigenvalue weighted by Crippen LogP contribution is -2.43. The second-order valence-corrected chi connectivity index (χ2v) is 7.15. The topological polar surface area (TPSA) is 32.3 Å². The van der Waals surface area contributed by atoms with E-state index >= 15 is 0 Å². The molecule has 23 heavy (non-hydrogen) atoms. The largest absolute Gasteiger partial charge is 0.314 e. The van der Waals surface area contributed by atoms with Crippen LogP contribution in [0.2, 0.25) is 0 Å². The molecular weight excluding hydrogens is 284 g/mol. The third kappa shape index (κ3) is 16.2. The summed E-state index contributed by atoms with van der Waals surface area (Å²) in [5, 5.41) is 3.35. The van der Waals surface area contributed by atoms with Gasteiger partial charge in [-0.05, 0) is 32.7 Å². The second kappa shape index (κ2) is 16.4. The summed E-state index contributed by atoms with van der Waals surface area (Å²) < 4.78 is 0. The van der Waals surface area contributed by atoms with Gasteiger partial charge in [0.25, 0.3) is 0 Å². The summed E-state index contributed by atoms with van der Waals surface area (Å²) in [6, 6.07) is 0. The predicted octanol–water partition coefficient (Wildman–Crippen LogP) is 4.65. The lowest BCUT2D eigenvalue weighted by Gasteiger charge is -2.26. The van der Waals surface area contributed by atoms with Crippen molar-refractivity contribution in [2.45, 2.75) is 85.5 Å². The molecule has 0 unspecified atom stereocenters. The standard InChI is InChI=1S/C9H18.C8H18N2.C3H6O/c1-2-6-9-7-4-3-5-8-9;1-2-3-6-10-7-4-9-5-8-10;1-3(2)4/h9H,2-8H2,1H3;9H,2-8H2,1H3;1-2H3. The van der Waals surface area contributed by atoms with E-state index in [1.165, 1.54) is 104 Å². The zero-order valence-electron chi connectivity index (χ0n) is 16.3. The van der Waals surface area contributed by atoms with Gasteiger partial charge in [0.2, 0.25) is 0 Å². The molecule has 1 heterocycles. The molecule has 138 valence electrons. The van der Waals surface area contributed by atoms with E-state index in [-0.39, 0.29) is 5.78 Å². The minimum absolute atomic E-state index is 0.167. The molecule has 1 saturated heterocycles. The zero-order valence-corrected chi connectivity index (χ0v) is 16.3. The molecule has 0 atom stereocenters. The summed E-state index contributed by atoms with van der Waals surface area (Å²) in [4.78, 5) is 12.0. The van der Waals surface area contributed by atoms with Gasteiger partial charge in [-0.25, -0.2) is 0 Å². The summed E-state index contributed by atoms with van der Waals surface area (Å²) in [6.45, 7) is 13.8. The number of hydrogen-bond acceptors (Lipinski definition) is 3. The first-order valence-electron chi connectivity index (χ1n) is 10.00. The summed E-state index contributed by atoms with van der Waals surface area (Å²) in [5.74, 6) is 1.27. The van der Waals surface area contributed by atoms with Gasteiger partial charge in [-0.3, -0.25) is 0 Å². The van der Waals surface area contributed by atoms with Gasteiger partial charge in [0.1, 0.15) is 5.78 Å². The van der Waals surface area contributed by atoms with Gasteiger partial charge < -0.3 is 15.0 Å². The molecule has 1 aliphatic carbocycles. The van der Waals surface area contributed by atoms with E-state index in [1.54, 1.807) is 0 Å². The first kappa shape index (κ1) is 22.6. The number of rotatable bonds is 5. The van der Waals surface area contributed by atoms with E-state index in [4.69, 9.17) is 0 Å². The molecule has 0 amide bonds. The highest BCUT2D eigenvalue weighted by atomic mass is 16.1. The van der Waals surface area contributed by atoms with E-state index in [2.05, 4.69) is 24.1 Å². The third-order valence-corrected chi connectivity index (χ3v) is 4.46. The van der Waals surface area contributed by atoms with Gasteiger partial charge >= 0.3 is 0 Å². The lowest BCUT2D eigenvalue weighted by atomic mass is 9.86. The lowest BCUT2D eigenvalue weighted by molar-refractivity contribution is -0.114. The van der Waals surface area contributed by atoms with Crippen LogP contribution in [0.25, 0.3) is 0 Å². The molecule has 0 spiro atoms. The Hall–Kier alpha value is -0.410. The summed E-state index contributed by atoms with van der Waals surface area (Å²) >= 11 is 0. The van der Waals surface area contributed by atoms with Crippen LogP contribution < -0.4 is 5.32 Å². The Labute approximate surface area is 145 Å². The summed E-state index contributed by atoms with van der Waals surface area (Å²) in [7, 11) is 0. The molecule has 1 N–H and O–H groups in total. The van der Waals surface area contributed by atoms with Crippen molar-refractivity contribution in [3.8, 4) is 0 Å². The fourth-order valence-corrected chi connectivity index (χ4v) is 3.20. The van der Waals surface area contributed by atoms with Crippen LogP contribution in [0.5, 0.6) is 0 Å². The Balaban J connectivity index is 0.000000345. The maximum absolute atomic E-state index is 9.44. The van der Waals surface area contributed by atoms with Crippen molar-refractivity contribution in [1.82, 2.24) is 10.2 Å². The van der Waals surface area contributed by atoms with Crippen LogP contribution in [-0.2, 0) is 4.79 Å². The Morgan fingerprint density at radius 2 is 1.57 bits per heavy atom. The number of Topliss-reactive ketones (excluding diaryl/α,β-unsaturated/α-hetero) is 1. The van der Waals surface area contributed by atoms with Crippen molar-refractivity contribution < 1.29 is 4.79 Å². The van der Waals surface area contributed by atoms with Crippen LogP contribution in [0, 0.1) is 5.92 Å². The van der Waals surface area contributed by atoms with Gasteiger partial charge in [-0.1, -0.05) is 65.2 Å². The fraction of sp³-hybridized carbons (Fsp3) is 0.950. The van der Waals surface area contributed by atoms with Crippen LogP contribution in [0.1, 0.15) is 85.5 Å². The fourth-order valence-electron chi connectivity index (χ4n) is 3.20. The predicted molar refractivity (Wildman–Crippen MR) is 102 cm³/mol. The molecule has 1 saturated carbocycles. The molecular formula is C20H42N2O. The SMILES string of the molecule is CC(C)=O.CCCC1CCCCC1.CCCCN1CCNCC1. The van der Waals surface area contributed by atoms with E-state index in [0.29, 0.717) is 0 Å². The molecule has 2 fully saturated rings. The number of carbonyl (C=O) groups excluding carboxylic acids is 1. The molecule has 0 radical (unpaired) electrons. The maximum atomic E-state index is 9.44. The van der Waals surface area contributed by atoms with Crippen LogP contribution in [0.15, 0.2) is 0 Å². The van der Waals surface area contributed by atoms with Gasteiger partial charge in [0, 0.05) is 26.2 Å². The molecule has 1 aliphatic heterocycles. The third-order valence-electron chi connectivity index (χ3n) is 4.46. The maximum Gasteiger partial charge on any atom is 0.126 e. The van der Waals surface area contributed by atoms with Crippen LogP contribution in [-0.4, -0.2) is 43.4 Å². The van der Waals surface area contributed by atoms with Crippen molar-refractivity contribution in [1.29, 1.82) is 0 Å². The molecule has 0 aromatic heterocycles. The van der Waals surface area contributed by atoms with Crippen molar-refractivity contribution in [2.75, 3.05) is 32.7 Å². The van der Waals surface area contributed by atoms with E-state index in [9.17, 15) is 4.79 Å². The average Bonchev–Trinajstić information content (AvgIpc) is 2.55. The van der Waals surface area contributed by atoms with Crippen LogP contribution >= 0.6 is 0 Å². The van der Waals surface area contributed by atoms with Crippen molar-refractivity contribution in [3.63, 3.8) is 0 Å².